The average molecular weight is 424 g/mol. The Kier molecular flexibility index (Phi) is 7.58. The number of carbonyl (C=O) groups excluding carboxylic acids is 3. The zero-order valence-electron chi connectivity index (χ0n) is 17.2. The highest BCUT2D eigenvalue weighted by Gasteiger charge is 2.20. The maximum Gasteiger partial charge on any atom is 0.339 e. The third-order valence-corrected chi connectivity index (χ3v) is 4.65. The predicted octanol–water partition coefficient (Wildman–Crippen LogP) is 3.11. The van der Waals surface area contributed by atoms with E-state index in [2.05, 4.69) is 15.8 Å². The first-order valence-corrected chi connectivity index (χ1v) is 9.82. The molecular formula is C22H24N4O5. The standard InChI is InChI=1S/C22H24N4O5/c1-30-21(28)18-9-5-6-10-19(18)24-20(27)15-31-25-17-11-13-26(14-12-17)22(29)23-16-7-3-2-4-8-16/h2-10H,11-15H2,1H3,(H,23,29)(H,24,27). The molecule has 0 spiro atoms. The minimum atomic E-state index is -0.542. The van der Waals surface area contributed by atoms with Gasteiger partial charge >= 0.3 is 12.0 Å². The number of likely N-dealkylation sites (tertiary alicyclic amines) is 1. The molecule has 2 aromatic carbocycles. The van der Waals surface area contributed by atoms with Gasteiger partial charge in [0.15, 0.2) is 6.61 Å². The molecule has 0 unspecified atom stereocenters. The highest BCUT2D eigenvalue weighted by molar-refractivity contribution is 6.01. The number of urea groups is 1. The molecule has 3 amide bonds. The summed E-state index contributed by atoms with van der Waals surface area (Å²) < 4.78 is 4.70. The van der Waals surface area contributed by atoms with Crippen molar-refractivity contribution in [3.63, 3.8) is 0 Å². The Bertz CT molecular complexity index is 951. The SMILES string of the molecule is COC(=O)c1ccccc1NC(=O)CON=C1CCN(C(=O)Nc2ccccc2)CC1. The second kappa shape index (κ2) is 10.8. The number of amides is 3. The number of nitrogens with zero attached hydrogens (tertiary/aromatic N) is 2. The maximum atomic E-state index is 12.3. The normalized spacial score (nSPS) is 13.2. The molecule has 9 nitrogen and oxygen atoms in total. The van der Waals surface area contributed by atoms with Gasteiger partial charge in [0.1, 0.15) is 0 Å². The van der Waals surface area contributed by atoms with Gasteiger partial charge in [0.05, 0.1) is 24.1 Å². The van der Waals surface area contributed by atoms with Gasteiger partial charge in [-0.3, -0.25) is 4.79 Å². The van der Waals surface area contributed by atoms with Gasteiger partial charge in [-0.1, -0.05) is 35.5 Å². The number of oxime groups is 1. The van der Waals surface area contributed by atoms with Gasteiger partial charge in [-0.2, -0.15) is 0 Å². The van der Waals surface area contributed by atoms with Gasteiger partial charge in [-0.05, 0) is 24.3 Å². The van der Waals surface area contributed by atoms with E-state index in [0.717, 1.165) is 11.4 Å². The van der Waals surface area contributed by atoms with Crippen molar-refractivity contribution in [3.05, 3.63) is 60.2 Å². The van der Waals surface area contributed by atoms with Gasteiger partial charge in [0.25, 0.3) is 5.91 Å². The molecule has 0 aromatic heterocycles. The summed E-state index contributed by atoms with van der Waals surface area (Å²) in [7, 11) is 1.27. The number of ether oxygens (including phenoxy) is 1. The van der Waals surface area contributed by atoms with Crippen molar-refractivity contribution in [3.8, 4) is 0 Å². The molecule has 1 aliphatic heterocycles. The van der Waals surface area contributed by atoms with Gasteiger partial charge in [-0.15, -0.1) is 0 Å². The summed E-state index contributed by atoms with van der Waals surface area (Å²) in [5.74, 6) is -0.986. The van der Waals surface area contributed by atoms with Crippen LogP contribution in [0.2, 0.25) is 0 Å². The predicted molar refractivity (Wildman–Crippen MR) is 116 cm³/mol. The molecule has 0 bridgehead atoms. The largest absolute Gasteiger partial charge is 0.465 e. The quantitative estimate of drug-likeness (QED) is 0.547. The first kappa shape index (κ1) is 21.8. The zero-order chi connectivity index (χ0) is 22.1. The third kappa shape index (κ3) is 6.30. The fourth-order valence-corrected chi connectivity index (χ4v) is 3.03. The highest BCUT2D eigenvalue weighted by atomic mass is 16.6. The number of piperidine rings is 1. The molecule has 31 heavy (non-hydrogen) atoms. The highest BCUT2D eigenvalue weighted by Crippen LogP contribution is 2.16. The number of rotatable bonds is 6. The Morgan fingerprint density at radius 1 is 0.968 bits per heavy atom. The van der Waals surface area contributed by atoms with Crippen LogP contribution in [0.25, 0.3) is 0 Å². The molecule has 1 saturated heterocycles. The lowest BCUT2D eigenvalue weighted by molar-refractivity contribution is -0.120. The van der Waals surface area contributed by atoms with Crippen molar-refractivity contribution in [2.45, 2.75) is 12.8 Å². The number of hydrogen-bond acceptors (Lipinski definition) is 6. The molecule has 2 aromatic rings. The van der Waals surface area contributed by atoms with Crippen LogP contribution in [0.1, 0.15) is 23.2 Å². The molecule has 1 fully saturated rings. The average Bonchev–Trinajstić information content (AvgIpc) is 2.80. The van der Waals surface area contributed by atoms with Crippen molar-refractivity contribution >= 4 is 35.0 Å². The monoisotopic (exact) mass is 424 g/mol. The molecule has 0 atom stereocenters. The summed E-state index contributed by atoms with van der Waals surface area (Å²) in [5, 5.41) is 9.49. The van der Waals surface area contributed by atoms with E-state index in [9.17, 15) is 14.4 Å². The second-order valence-electron chi connectivity index (χ2n) is 6.80. The minimum Gasteiger partial charge on any atom is -0.465 e. The Balaban J connectivity index is 1.43. The van der Waals surface area contributed by atoms with Crippen LogP contribution in [0, 0.1) is 0 Å². The summed E-state index contributed by atoms with van der Waals surface area (Å²) in [4.78, 5) is 43.1. The number of methoxy groups -OCH3 is 1. The van der Waals surface area contributed by atoms with Crippen molar-refractivity contribution in [1.82, 2.24) is 4.90 Å². The molecule has 9 heteroatoms. The molecule has 3 rings (SSSR count). The van der Waals surface area contributed by atoms with Crippen LogP contribution in [0.4, 0.5) is 16.2 Å². The topological polar surface area (TPSA) is 109 Å². The molecular weight excluding hydrogens is 400 g/mol. The first-order chi connectivity index (χ1) is 15.1. The Hall–Kier alpha value is -3.88. The van der Waals surface area contributed by atoms with E-state index in [1.165, 1.54) is 7.11 Å². The number of carbonyl (C=O) groups is 3. The number of anilines is 2. The summed E-state index contributed by atoms with van der Waals surface area (Å²) in [6.45, 7) is 0.732. The molecule has 1 heterocycles. The Labute approximate surface area is 180 Å². The van der Waals surface area contributed by atoms with E-state index in [4.69, 9.17) is 9.57 Å². The van der Waals surface area contributed by atoms with Crippen LogP contribution in [-0.2, 0) is 14.4 Å². The van der Waals surface area contributed by atoms with Gasteiger partial charge in [-0.25, -0.2) is 9.59 Å². The number of hydrogen-bond donors (Lipinski definition) is 2. The van der Waals surface area contributed by atoms with Crippen LogP contribution in [0.5, 0.6) is 0 Å². The van der Waals surface area contributed by atoms with Crippen molar-refractivity contribution in [2.75, 3.05) is 37.4 Å². The van der Waals surface area contributed by atoms with Crippen LogP contribution >= 0.6 is 0 Å². The summed E-state index contributed by atoms with van der Waals surface area (Å²) >= 11 is 0. The van der Waals surface area contributed by atoms with Crippen molar-refractivity contribution in [2.24, 2.45) is 5.16 Å². The van der Waals surface area contributed by atoms with E-state index in [0.29, 0.717) is 31.6 Å². The zero-order valence-corrected chi connectivity index (χ0v) is 17.2. The van der Waals surface area contributed by atoms with E-state index in [1.807, 2.05) is 30.3 Å². The van der Waals surface area contributed by atoms with Crippen LogP contribution in [0.3, 0.4) is 0 Å². The van der Waals surface area contributed by atoms with E-state index < -0.39 is 11.9 Å². The molecule has 162 valence electrons. The molecule has 0 saturated carbocycles. The summed E-state index contributed by atoms with van der Waals surface area (Å²) in [6, 6.07) is 15.6. The fourth-order valence-electron chi connectivity index (χ4n) is 3.03. The lowest BCUT2D eigenvalue weighted by atomic mass is 10.1. The lowest BCUT2D eigenvalue weighted by Gasteiger charge is -2.27. The smallest absolute Gasteiger partial charge is 0.339 e. The Morgan fingerprint density at radius 3 is 2.35 bits per heavy atom. The van der Waals surface area contributed by atoms with Crippen LogP contribution in [-0.4, -0.2) is 55.3 Å². The second-order valence-corrected chi connectivity index (χ2v) is 6.80. The molecule has 2 N–H and O–H groups in total. The number of benzene rings is 2. The number of para-hydroxylation sites is 2. The summed E-state index contributed by atoms with van der Waals surface area (Å²) in [6.07, 6.45) is 1.13. The molecule has 0 aliphatic carbocycles. The van der Waals surface area contributed by atoms with Crippen LogP contribution in [0.15, 0.2) is 59.8 Å². The molecule has 0 radical (unpaired) electrons. The van der Waals surface area contributed by atoms with Gasteiger partial charge in [0.2, 0.25) is 0 Å². The van der Waals surface area contributed by atoms with Crippen molar-refractivity contribution < 1.29 is 24.0 Å². The van der Waals surface area contributed by atoms with Gasteiger partial charge in [0, 0.05) is 31.6 Å². The minimum absolute atomic E-state index is 0.158. The van der Waals surface area contributed by atoms with Gasteiger partial charge < -0.3 is 25.1 Å². The fraction of sp³-hybridized carbons (Fsp3) is 0.273. The number of esters is 1. The first-order valence-electron chi connectivity index (χ1n) is 9.82. The van der Waals surface area contributed by atoms with E-state index in [-0.39, 0.29) is 18.2 Å². The molecule has 1 aliphatic rings. The Morgan fingerprint density at radius 2 is 1.65 bits per heavy atom. The van der Waals surface area contributed by atoms with E-state index in [1.54, 1.807) is 29.2 Å². The third-order valence-electron chi connectivity index (χ3n) is 4.65. The summed E-state index contributed by atoms with van der Waals surface area (Å²) in [5.41, 5.74) is 2.13. The van der Waals surface area contributed by atoms with Crippen molar-refractivity contribution in [1.29, 1.82) is 0 Å². The van der Waals surface area contributed by atoms with Crippen LogP contribution < -0.4 is 10.6 Å². The van der Waals surface area contributed by atoms with E-state index >= 15 is 0 Å². The maximum absolute atomic E-state index is 12.3. The number of nitrogens with one attached hydrogen (secondary N) is 2. The lowest BCUT2D eigenvalue weighted by Crippen LogP contribution is -2.41.